The lowest BCUT2D eigenvalue weighted by Gasteiger charge is -2.49. The molecule has 0 aliphatic carbocycles. The highest BCUT2D eigenvalue weighted by molar-refractivity contribution is 8.03. The van der Waals surface area contributed by atoms with Gasteiger partial charge in [0.2, 0.25) is 5.52 Å². The molecule has 15 nitrogen and oxygen atoms in total. The molecule has 3 aromatic heterocycles. The Bertz CT molecular complexity index is 2060. The van der Waals surface area contributed by atoms with E-state index in [9.17, 15) is 39.6 Å². The predicted molar refractivity (Wildman–Crippen MR) is 175 cm³/mol. The van der Waals surface area contributed by atoms with Crippen molar-refractivity contribution in [3.05, 3.63) is 87.4 Å². The van der Waals surface area contributed by atoms with Gasteiger partial charge in [-0.2, -0.15) is 4.57 Å². The summed E-state index contributed by atoms with van der Waals surface area (Å²) >= 11 is 3.77. The number of aliphatic carboxylic acids is 2. The van der Waals surface area contributed by atoms with Gasteiger partial charge in [-0.25, -0.2) is 14.6 Å². The largest absolute Gasteiger partial charge is 0.504 e. The summed E-state index contributed by atoms with van der Waals surface area (Å²) in [6.07, 6.45) is 6.03. The van der Waals surface area contributed by atoms with Crippen molar-refractivity contribution >= 4 is 79.8 Å². The number of thiazole rings is 1. The van der Waals surface area contributed by atoms with Crippen LogP contribution in [0.2, 0.25) is 0 Å². The Labute approximate surface area is 282 Å². The molecule has 7 N–H and O–H groups in total. The van der Waals surface area contributed by atoms with E-state index in [1.54, 1.807) is 17.4 Å². The molecule has 3 unspecified atom stereocenters. The zero-order valence-electron chi connectivity index (χ0n) is 24.4. The zero-order chi connectivity index (χ0) is 34.2. The molecule has 1 fully saturated rings. The number of amides is 2. The number of thiophene rings is 1. The maximum Gasteiger partial charge on any atom is 0.362 e. The van der Waals surface area contributed by atoms with Crippen LogP contribution in [0.3, 0.4) is 0 Å². The normalized spacial score (nSPS) is 18.9. The fourth-order valence-corrected chi connectivity index (χ4v) is 7.94. The standard InChI is InChI=1S/C30H24N6O9S3/c31-29-33-22(14-48-29)30(28(43)44,15-5-6-18(37)19(38)11-15)45-32-12-23(39)34-24-17-13-47-21(25(27(41)42)36(17)26(24)40)4-2-9-35-8-1-3-20-16(35)7-10-46-20/h1-8,10-12,14,17,24H,9,13H2,(H6-,31,32,33,34,37,38,39,41,42,43,44)/p+1. The van der Waals surface area contributed by atoms with Crippen LogP contribution in [0.4, 0.5) is 5.13 Å². The van der Waals surface area contributed by atoms with Gasteiger partial charge in [-0.05, 0) is 41.8 Å². The molecule has 5 heterocycles. The number of carbonyl (C=O) groups excluding carboxylic acids is 2. The van der Waals surface area contributed by atoms with Crippen LogP contribution >= 0.6 is 34.4 Å². The molecule has 1 saturated heterocycles. The molecule has 246 valence electrons. The number of allylic oxidation sites excluding steroid dienone is 2. The molecule has 2 aliphatic heterocycles. The topological polar surface area (TPSA) is 229 Å². The summed E-state index contributed by atoms with van der Waals surface area (Å²) in [5.74, 6) is -5.34. The van der Waals surface area contributed by atoms with Crippen molar-refractivity contribution in [2.45, 2.75) is 24.2 Å². The Morgan fingerprint density at radius 2 is 2.00 bits per heavy atom. The van der Waals surface area contributed by atoms with E-state index in [1.165, 1.54) is 17.1 Å². The summed E-state index contributed by atoms with van der Waals surface area (Å²) in [5.41, 5.74) is 3.66. The van der Waals surface area contributed by atoms with E-state index in [1.807, 2.05) is 40.4 Å². The van der Waals surface area contributed by atoms with E-state index in [0.717, 1.165) is 44.7 Å². The summed E-state index contributed by atoms with van der Waals surface area (Å²) < 4.78 is 3.14. The number of β-lactam (4-membered cyclic amide) rings is 1. The summed E-state index contributed by atoms with van der Waals surface area (Å²) in [5, 5.41) is 49.3. The molecule has 0 bridgehead atoms. The fourth-order valence-electron chi connectivity index (χ4n) is 5.33. The molecule has 3 atom stereocenters. The monoisotopic (exact) mass is 709 g/mol. The van der Waals surface area contributed by atoms with E-state index < -0.39 is 52.9 Å². The number of phenolic OH excluding ortho intramolecular Hbond substituents is 2. The number of nitrogens with one attached hydrogen (secondary N) is 1. The number of nitrogens with two attached hydrogens (primary N) is 1. The number of nitrogen functional groups attached to an aromatic ring is 1. The summed E-state index contributed by atoms with van der Waals surface area (Å²) in [6, 6.07) is 7.36. The first kappa shape index (κ1) is 32.5. The Morgan fingerprint density at radius 1 is 1.19 bits per heavy atom. The van der Waals surface area contributed by atoms with E-state index >= 15 is 0 Å². The molecule has 2 aliphatic rings. The lowest BCUT2D eigenvalue weighted by Crippen LogP contribution is -2.72. The number of nitrogens with zero attached hydrogens (tertiary/aromatic N) is 4. The number of anilines is 1. The zero-order valence-corrected chi connectivity index (χ0v) is 26.9. The van der Waals surface area contributed by atoms with Crippen molar-refractivity contribution < 1.29 is 49.0 Å². The number of hydrogen-bond donors (Lipinski definition) is 6. The van der Waals surface area contributed by atoms with Crippen LogP contribution in [-0.4, -0.2) is 78.1 Å². The Kier molecular flexibility index (Phi) is 8.78. The van der Waals surface area contributed by atoms with Gasteiger partial charge in [0.25, 0.3) is 11.8 Å². The molecule has 2 amide bonds. The van der Waals surface area contributed by atoms with Crippen LogP contribution in [0.5, 0.6) is 11.5 Å². The van der Waals surface area contributed by atoms with Gasteiger partial charge >= 0.3 is 17.5 Å². The number of aromatic nitrogens is 2. The number of hydrogen-bond acceptors (Lipinski definition) is 13. The van der Waals surface area contributed by atoms with Gasteiger partial charge in [-0.1, -0.05) is 5.16 Å². The summed E-state index contributed by atoms with van der Waals surface area (Å²) in [7, 11) is 0. The molecule has 48 heavy (non-hydrogen) atoms. The lowest BCUT2D eigenvalue weighted by atomic mass is 9.90. The van der Waals surface area contributed by atoms with Gasteiger partial charge in [0.1, 0.15) is 23.6 Å². The van der Waals surface area contributed by atoms with Gasteiger partial charge in [-0.15, -0.1) is 34.4 Å². The minimum atomic E-state index is -2.49. The van der Waals surface area contributed by atoms with Crippen LogP contribution in [-0.2, 0) is 36.2 Å². The molecule has 6 rings (SSSR count). The van der Waals surface area contributed by atoms with Gasteiger partial charge in [0.15, 0.2) is 29.4 Å². The number of phenols is 2. The number of carboxylic acids is 2. The van der Waals surface area contributed by atoms with Crippen molar-refractivity contribution in [3.8, 4) is 11.5 Å². The quantitative estimate of drug-likeness (QED) is 0.0432. The number of aromatic hydroxyl groups is 2. The molecule has 18 heteroatoms. The van der Waals surface area contributed by atoms with Crippen molar-refractivity contribution in [1.82, 2.24) is 15.2 Å². The molecular formula is C30H25N6O9S3+. The van der Waals surface area contributed by atoms with Gasteiger partial charge in [0, 0.05) is 33.7 Å². The number of rotatable bonds is 11. The first-order chi connectivity index (χ1) is 23.0. The smallest absolute Gasteiger partial charge is 0.362 e. The summed E-state index contributed by atoms with van der Waals surface area (Å²) in [6.45, 7) is 0.482. The maximum absolute atomic E-state index is 13.1. The number of carboxylic acid groups (broad SMARTS) is 2. The molecular weight excluding hydrogens is 685 g/mol. The van der Waals surface area contributed by atoms with Crippen LogP contribution in [0.15, 0.2) is 81.3 Å². The van der Waals surface area contributed by atoms with E-state index in [-0.39, 0.29) is 22.1 Å². The highest BCUT2D eigenvalue weighted by atomic mass is 32.2. The summed E-state index contributed by atoms with van der Waals surface area (Å²) in [4.78, 5) is 61.7. The SMILES string of the molecule is Nc1nc(C(ON=CC(=O)NC2C(=O)N3C(C(=O)O)=C(C=CC[n+]4cccc5sccc54)SCC23)(C(=O)O)c2ccc(O)c(O)c2)cs1. The second kappa shape index (κ2) is 13.0. The van der Waals surface area contributed by atoms with Crippen LogP contribution < -0.4 is 15.6 Å². The fraction of sp³-hybridized carbons (Fsp3) is 0.167. The van der Waals surface area contributed by atoms with E-state index in [0.29, 0.717) is 23.4 Å². The van der Waals surface area contributed by atoms with Crippen LogP contribution in [0.1, 0.15) is 11.3 Å². The number of fused-ring (bicyclic) bond motifs is 2. The number of oxime groups is 1. The van der Waals surface area contributed by atoms with Crippen LogP contribution in [0, 0.1) is 0 Å². The number of carbonyl (C=O) groups is 4. The van der Waals surface area contributed by atoms with Crippen molar-refractivity contribution in [2.75, 3.05) is 11.5 Å². The maximum atomic E-state index is 13.1. The molecule has 1 aromatic carbocycles. The molecule has 0 radical (unpaired) electrons. The highest BCUT2D eigenvalue weighted by Gasteiger charge is 2.54. The molecule has 0 saturated carbocycles. The lowest BCUT2D eigenvalue weighted by molar-refractivity contribution is -0.660. The van der Waals surface area contributed by atoms with Crippen LogP contribution in [0.25, 0.3) is 10.2 Å². The van der Waals surface area contributed by atoms with Gasteiger partial charge in [-0.3, -0.25) is 14.5 Å². The average Bonchev–Trinajstić information content (AvgIpc) is 3.72. The van der Waals surface area contributed by atoms with Gasteiger partial charge < -0.3 is 36.3 Å². The van der Waals surface area contributed by atoms with Gasteiger partial charge in [0.05, 0.1) is 10.7 Å². The first-order valence-corrected chi connectivity index (χ1v) is 16.7. The third-order valence-corrected chi connectivity index (χ3v) is 10.3. The second-order valence-corrected chi connectivity index (χ2v) is 13.3. The predicted octanol–water partition coefficient (Wildman–Crippen LogP) is 1.96. The van der Waals surface area contributed by atoms with Crippen molar-refractivity contribution in [3.63, 3.8) is 0 Å². The first-order valence-electron chi connectivity index (χ1n) is 14.0. The van der Waals surface area contributed by atoms with E-state index in [4.69, 9.17) is 10.6 Å². The Balaban J connectivity index is 1.16. The molecule has 4 aromatic rings. The minimum absolute atomic E-state index is 0.00522. The third-order valence-electron chi connectivity index (χ3n) is 7.60. The Morgan fingerprint density at radius 3 is 2.71 bits per heavy atom. The average molecular weight is 710 g/mol. The third kappa shape index (κ3) is 5.80. The van der Waals surface area contributed by atoms with Crippen molar-refractivity contribution in [1.29, 1.82) is 0 Å². The number of pyridine rings is 1. The van der Waals surface area contributed by atoms with E-state index in [2.05, 4.69) is 15.5 Å². The molecule has 0 spiro atoms. The Hall–Kier alpha value is -5.46. The number of benzene rings is 1. The van der Waals surface area contributed by atoms with Crippen molar-refractivity contribution in [2.24, 2.45) is 5.16 Å². The highest BCUT2D eigenvalue weighted by Crippen LogP contribution is 2.41. The minimum Gasteiger partial charge on any atom is -0.504 e. The second-order valence-electron chi connectivity index (χ2n) is 10.4. The number of thioether (sulfide) groups is 1.